The molecule has 1 aliphatic heterocycles. The Balaban J connectivity index is 1.37. The molecule has 4 aromatic heterocycles. The molecule has 37 heavy (non-hydrogen) atoms. The van der Waals surface area contributed by atoms with Crippen molar-refractivity contribution in [2.75, 3.05) is 0 Å². The topological polar surface area (TPSA) is 87.2 Å². The van der Waals surface area contributed by atoms with Crippen molar-refractivity contribution in [3.8, 4) is 34.1 Å². The van der Waals surface area contributed by atoms with Gasteiger partial charge in [-0.15, -0.1) is 5.10 Å². The Labute approximate surface area is 215 Å². The van der Waals surface area contributed by atoms with E-state index in [1.54, 1.807) is 12.4 Å². The van der Waals surface area contributed by atoms with Gasteiger partial charge in [-0.2, -0.15) is 14.6 Å². The lowest BCUT2D eigenvalue weighted by molar-refractivity contribution is 0.254. The van der Waals surface area contributed by atoms with Gasteiger partial charge >= 0.3 is 0 Å². The number of nitrogens with zero attached hydrogens (tertiary/aromatic N) is 6. The first kappa shape index (κ1) is 21.6. The Bertz CT molecular complexity index is 1870. The van der Waals surface area contributed by atoms with Crippen LogP contribution in [0.15, 0.2) is 84.0 Å². The van der Waals surface area contributed by atoms with E-state index >= 15 is 0 Å². The van der Waals surface area contributed by atoms with Crippen molar-refractivity contribution in [3.05, 3.63) is 105 Å². The minimum Gasteiger partial charge on any atom is -0.490 e. The van der Waals surface area contributed by atoms with Gasteiger partial charge in [-0.1, -0.05) is 29.5 Å². The Kier molecular flexibility index (Phi) is 4.97. The van der Waals surface area contributed by atoms with Crippen LogP contribution in [-0.4, -0.2) is 35.5 Å². The number of rotatable bonds is 4. The number of hydrogen-bond acceptors (Lipinski definition) is 7. The molecule has 2 aromatic carbocycles. The number of aromatic nitrogens is 6. The maximum absolute atomic E-state index is 13.3. The van der Waals surface area contributed by atoms with Crippen molar-refractivity contribution in [1.82, 2.24) is 29.4 Å². The fourth-order valence-electron chi connectivity index (χ4n) is 4.59. The molecule has 0 fully saturated rings. The van der Waals surface area contributed by atoms with Gasteiger partial charge in [0.1, 0.15) is 17.5 Å². The van der Waals surface area contributed by atoms with Gasteiger partial charge in [0.25, 0.3) is 5.56 Å². The highest BCUT2D eigenvalue weighted by atomic mass is 32.1. The molecule has 180 valence electrons. The molecule has 8 nitrogen and oxygen atoms in total. The molecule has 0 bridgehead atoms. The molecular weight excluding hydrogens is 484 g/mol. The number of hydrogen-bond donors (Lipinski definition) is 0. The average Bonchev–Trinajstić information content (AvgIpc) is 3.69. The van der Waals surface area contributed by atoms with Crippen molar-refractivity contribution in [1.29, 1.82) is 0 Å². The van der Waals surface area contributed by atoms with Crippen LogP contribution in [0, 0.1) is 0 Å². The van der Waals surface area contributed by atoms with E-state index in [0.717, 1.165) is 45.8 Å². The number of benzene rings is 2. The third kappa shape index (κ3) is 3.80. The standard InChI is InChI=1S/C28H20N6O2S/c1-17-12-20-13-18(9-10-23(20)36-17)25-21(16-33(31-25)22-7-3-2-4-8-22)14-24-27(35)34-28(37-24)30-26(32-34)19-6-5-11-29-15-19/h2-11,13-17H,12H2,1H3/b24-14-. The van der Waals surface area contributed by atoms with Crippen molar-refractivity contribution < 1.29 is 4.74 Å². The van der Waals surface area contributed by atoms with Gasteiger partial charge in [-0.25, -0.2) is 4.68 Å². The molecule has 1 atom stereocenters. The lowest BCUT2D eigenvalue weighted by Gasteiger charge is -2.04. The molecule has 7 rings (SSSR count). The number of thiazole rings is 1. The predicted molar refractivity (Wildman–Crippen MR) is 142 cm³/mol. The van der Waals surface area contributed by atoms with E-state index in [1.165, 1.54) is 15.9 Å². The summed E-state index contributed by atoms with van der Waals surface area (Å²) in [6, 6.07) is 19.8. The molecule has 1 unspecified atom stereocenters. The number of para-hydroxylation sites is 1. The van der Waals surface area contributed by atoms with Crippen LogP contribution in [0.2, 0.25) is 0 Å². The van der Waals surface area contributed by atoms with Crippen molar-refractivity contribution >= 4 is 22.4 Å². The summed E-state index contributed by atoms with van der Waals surface area (Å²) in [7, 11) is 0. The minimum absolute atomic E-state index is 0.160. The molecule has 0 amide bonds. The highest BCUT2D eigenvalue weighted by molar-refractivity contribution is 7.15. The summed E-state index contributed by atoms with van der Waals surface area (Å²) in [5.74, 6) is 1.40. The maximum atomic E-state index is 13.3. The Morgan fingerprint density at radius 2 is 1.95 bits per heavy atom. The summed E-state index contributed by atoms with van der Waals surface area (Å²) in [5, 5.41) is 9.35. The van der Waals surface area contributed by atoms with Crippen LogP contribution in [0.25, 0.3) is 39.4 Å². The first-order chi connectivity index (χ1) is 18.1. The highest BCUT2D eigenvalue weighted by Crippen LogP contribution is 2.34. The smallest absolute Gasteiger partial charge is 0.291 e. The molecule has 5 heterocycles. The first-order valence-corrected chi connectivity index (χ1v) is 12.7. The largest absolute Gasteiger partial charge is 0.490 e. The van der Waals surface area contributed by atoms with Gasteiger partial charge in [-0.3, -0.25) is 9.78 Å². The fourth-order valence-corrected chi connectivity index (χ4v) is 5.49. The second kappa shape index (κ2) is 8.49. The van der Waals surface area contributed by atoms with Crippen LogP contribution in [0.4, 0.5) is 0 Å². The number of pyridine rings is 1. The van der Waals surface area contributed by atoms with Crippen LogP contribution in [0.1, 0.15) is 18.1 Å². The number of fused-ring (bicyclic) bond motifs is 2. The van der Waals surface area contributed by atoms with E-state index in [-0.39, 0.29) is 11.7 Å². The summed E-state index contributed by atoms with van der Waals surface area (Å²) in [5.41, 5.74) is 5.26. The van der Waals surface area contributed by atoms with E-state index in [1.807, 2.05) is 71.6 Å². The quantitative estimate of drug-likeness (QED) is 0.362. The van der Waals surface area contributed by atoms with Crippen LogP contribution < -0.4 is 14.8 Å². The van der Waals surface area contributed by atoms with Crippen molar-refractivity contribution in [3.63, 3.8) is 0 Å². The van der Waals surface area contributed by atoms with Gasteiger partial charge in [0, 0.05) is 41.7 Å². The molecule has 0 saturated heterocycles. The van der Waals surface area contributed by atoms with Crippen LogP contribution >= 0.6 is 11.3 Å². The molecule has 0 spiro atoms. The Morgan fingerprint density at radius 1 is 1.05 bits per heavy atom. The van der Waals surface area contributed by atoms with E-state index < -0.39 is 0 Å². The molecule has 1 aliphatic rings. The minimum atomic E-state index is -0.211. The van der Waals surface area contributed by atoms with E-state index in [0.29, 0.717) is 15.3 Å². The lowest BCUT2D eigenvalue weighted by atomic mass is 10.0. The molecule has 6 aromatic rings. The summed E-state index contributed by atoms with van der Waals surface area (Å²) in [4.78, 5) is 22.5. The number of ether oxygens (including phenoxy) is 1. The zero-order valence-electron chi connectivity index (χ0n) is 19.8. The summed E-state index contributed by atoms with van der Waals surface area (Å²) < 4.78 is 9.63. The molecule has 0 radical (unpaired) electrons. The van der Waals surface area contributed by atoms with Crippen LogP contribution in [0.3, 0.4) is 0 Å². The molecule has 0 N–H and O–H groups in total. The Hall–Kier alpha value is -4.63. The average molecular weight is 505 g/mol. The van der Waals surface area contributed by atoms with Crippen LogP contribution in [-0.2, 0) is 6.42 Å². The predicted octanol–water partition coefficient (Wildman–Crippen LogP) is 3.94. The summed E-state index contributed by atoms with van der Waals surface area (Å²) in [6.07, 6.45) is 8.22. The third-order valence-corrected chi connectivity index (χ3v) is 7.28. The normalized spacial score (nSPS) is 15.3. The second-order valence-corrected chi connectivity index (χ2v) is 9.96. The highest BCUT2D eigenvalue weighted by Gasteiger charge is 2.21. The van der Waals surface area contributed by atoms with Gasteiger partial charge in [0.2, 0.25) is 4.96 Å². The van der Waals surface area contributed by atoms with Gasteiger partial charge in [0.05, 0.1) is 10.2 Å². The monoisotopic (exact) mass is 504 g/mol. The summed E-state index contributed by atoms with van der Waals surface area (Å²) in [6.45, 7) is 2.07. The zero-order valence-corrected chi connectivity index (χ0v) is 20.6. The van der Waals surface area contributed by atoms with Gasteiger partial charge in [0.15, 0.2) is 5.82 Å². The first-order valence-electron chi connectivity index (χ1n) is 11.9. The molecule has 9 heteroatoms. The second-order valence-electron chi connectivity index (χ2n) is 8.96. The van der Waals surface area contributed by atoms with Crippen LogP contribution in [0.5, 0.6) is 5.75 Å². The molecule has 0 saturated carbocycles. The van der Waals surface area contributed by atoms with E-state index in [9.17, 15) is 4.79 Å². The SMILES string of the molecule is CC1Cc2cc(-c3nn(-c4ccccc4)cc3/C=c3\sc4nc(-c5cccnc5)nn4c3=O)ccc2O1. The molecule has 0 aliphatic carbocycles. The van der Waals surface area contributed by atoms with Gasteiger partial charge in [-0.05, 0) is 61.0 Å². The fraction of sp³-hybridized carbons (Fsp3) is 0.107. The zero-order chi connectivity index (χ0) is 24.9. The lowest BCUT2D eigenvalue weighted by Crippen LogP contribution is -2.23. The molecular formula is C28H20N6O2S. The Morgan fingerprint density at radius 3 is 2.76 bits per heavy atom. The third-order valence-electron chi connectivity index (χ3n) is 6.32. The summed E-state index contributed by atoms with van der Waals surface area (Å²) >= 11 is 1.31. The maximum Gasteiger partial charge on any atom is 0.291 e. The van der Waals surface area contributed by atoms with Crippen molar-refractivity contribution in [2.45, 2.75) is 19.4 Å². The van der Waals surface area contributed by atoms with E-state index in [4.69, 9.17) is 9.84 Å². The van der Waals surface area contributed by atoms with Crippen molar-refractivity contribution in [2.24, 2.45) is 0 Å². The van der Waals surface area contributed by atoms with E-state index in [2.05, 4.69) is 28.1 Å². The van der Waals surface area contributed by atoms with Gasteiger partial charge < -0.3 is 4.74 Å².